The van der Waals surface area contributed by atoms with Gasteiger partial charge in [-0.3, -0.25) is 9.59 Å². The first-order valence-corrected chi connectivity index (χ1v) is 15.9. The molecule has 0 aliphatic rings. The van der Waals surface area contributed by atoms with E-state index in [1.807, 2.05) is 73.7 Å². The Morgan fingerprint density at radius 2 is 1.59 bits per heavy atom. The van der Waals surface area contributed by atoms with Crippen molar-refractivity contribution in [2.24, 2.45) is 5.10 Å². The van der Waals surface area contributed by atoms with Gasteiger partial charge in [0.25, 0.3) is 11.8 Å². The number of carbonyl (C=O) groups excluding carboxylic acids is 2. The van der Waals surface area contributed by atoms with Crippen LogP contribution in [0.25, 0.3) is 10.9 Å². The second-order valence-electron chi connectivity index (χ2n) is 10.7. The van der Waals surface area contributed by atoms with Crippen molar-refractivity contribution in [3.8, 4) is 5.75 Å². The lowest BCUT2D eigenvalue weighted by Crippen LogP contribution is -2.50. The summed E-state index contributed by atoms with van der Waals surface area (Å²) in [6.07, 6.45) is 0.915. The molecule has 46 heavy (non-hydrogen) atoms. The molecule has 0 unspecified atom stereocenters. The molecule has 0 fully saturated rings. The quantitative estimate of drug-likeness (QED) is 0.108. The molecule has 236 valence electrons. The van der Waals surface area contributed by atoms with Crippen LogP contribution in [0.1, 0.15) is 29.3 Å². The van der Waals surface area contributed by atoms with Gasteiger partial charge in [0.1, 0.15) is 11.8 Å². The van der Waals surface area contributed by atoms with Crippen molar-refractivity contribution < 1.29 is 14.3 Å². The van der Waals surface area contributed by atoms with E-state index in [1.54, 1.807) is 31.3 Å². The normalized spacial score (nSPS) is 12.7. The van der Waals surface area contributed by atoms with Gasteiger partial charge in [-0.2, -0.15) is 5.10 Å². The highest BCUT2D eigenvalue weighted by atomic mass is 35.5. The van der Waals surface area contributed by atoms with Gasteiger partial charge in [-0.15, -0.1) is 0 Å². The Labute approximate surface area is 287 Å². The average Bonchev–Trinajstić information content (AvgIpc) is 3.30. The van der Waals surface area contributed by atoms with E-state index in [1.165, 1.54) is 6.07 Å². The molecule has 11 heteroatoms. The molecule has 0 radical (unpaired) electrons. The number of carbonyl (C=O) groups is 2. The van der Waals surface area contributed by atoms with Crippen molar-refractivity contribution in [3.63, 3.8) is 0 Å². The monoisotopic (exact) mass is 694 g/mol. The minimum Gasteiger partial charge on any atom is -0.479 e. The van der Waals surface area contributed by atoms with Gasteiger partial charge in [0, 0.05) is 40.1 Å². The molecule has 0 saturated heterocycles. The number of amides is 2. The number of ether oxygens (including phenoxy) is 1. The summed E-state index contributed by atoms with van der Waals surface area (Å²) in [5.74, 6) is -0.675. The van der Waals surface area contributed by atoms with E-state index >= 15 is 0 Å². The second kappa shape index (κ2) is 15.1. The smallest absolute Gasteiger partial charge is 0.262 e. The van der Waals surface area contributed by atoms with Crippen LogP contribution in [0.5, 0.6) is 5.75 Å². The molecular weight excluding hydrogens is 666 g/mol. The number of nitrogens with one attached hydrogen (secondary N) is 2. The first kappa shape index (κ1) is 33.4. The van der Waals surface area contributed by atoms with Crippen molar-refractivity contribution in [1.29, 1.82) is 0 Å². The Bertz CT molecular complexity index is 1910. The zero-order chi connectivity index (χ0) is 32.8. The molecule has 0 aliphatic carbocycles. The Balaban J connectivity index is 1.34. The topological polar surface area (TPSA) is 84.7 Å². The van der Waals surface area contributed by atoms with Gasteiger partial charge in [0.05, 0.1) is 21.3 Å². The summed E-state index contributed by atoms with van der Waals surface area (Å²) < 4.78 is 7.92. The molecule has 4 aromatic carbocycles. The van der Waals surface area contributed by atoms with Crippen LogP contribution in [0.2, 0.25) is 20.1 Å². The summed E-state index contributed by atoms with van der Waals surface area (Å²) in [7, 11) is 0. The summed E-state index contributed by atoms with van der Waals surface area (Å²) >= 11 is 24.6. The van der Waals surface area contributed by atoms with Crippen molar-refractivity contribution in [2.75, 3.05) is 0 Å². The fourth-order valence-electron chi connectivity index (χ4n) is 5.05. The van der Waals surface area contributed by atoms with Crippen LogP contribution in [0.15, 0.2) is 96.1 Å². The lowest BCUT2D eigenvalue weighted by Gasteiger charge is -2.21. The van der Waals surface area contributed by atoms with Gasteiger partial charge < -0.3 is 14.6 Å². The molecule has 1 heterocycles. The third-order valence-electron chi connectivity index (χ3n) is 7.46. The summed E-state index contributed by atoms with van der Waals surface area (Å²) in [4.78, 5) is 26.6. The third kappa shape index (κ3) is 8.03. The Morgan fingerprint density at radius 3 is 2.33 bits per heavy atom. The van der Waals surface area contributed by atoms with Gasteiger partial charge in [-0.25, -0.2) is 5.43 Å². The van der Waals surface area contributed by atoms with Crippen molar-refractivity contribution in [3.05, 3.63) is 133 Å². The van der Waals surface area contributed by atoms with Crippen molar-refractivity contribution in [1.82, 2.24) is 15.3 Å². The number of hydrogen-bond acceptors (Lipinski definition) is 4. The summed E-state index contributed by atoms with van der Waals surface area (Å²) in [5.41, 5.74) is 7.28. The van der Waals surface area contributed by atoms with Crippen LogP contribution < -0.4 is 15.5 Å². The maximum absolute atomic E-state index is 13.5. The van der Waals surface area contributed by atoms with E-state index < -0.39 is 24.0 Å². The van der Waals surface area contributed by atoms with Gasteiger partial charge in [-0.1, -0.05) is 101 Å². The average molecular weight is 696 g/mol. The fraction of sp³-hybridized carbons (Fsp3) is 0.171. The van der Waals surface area contributed by atoms with Gasteiger partial charge in [0.15, 0.2) is 6.10 Å². The highest BCUT2D eigenvalue weighted by Gasteiger charge is 2.25. The highest BCUT2D eigenvalue weighted by molar-refractivity contribution is 6.42. The van der Waals surface area contributed by atoms with Crippen LogP contribution in [-0.2, 0) is 22.6 Å². The summed E-state index contributed by atoms with van der Waals surface area (Å²) in [6.45, 7) is 4.13. The van der Waals surface area contributed by atoms with Crippen molar-refractivity contribution in [2.45, 2.75) is 39.0 Å². The molecule has 7 nitrogen and oxygen atoms in total. The zero-order valence-electron chi connectivity index (χ0n) is 24.9. The van der Waals surface area contributed by atoms with Crippen LogP contribution in [0, 0.1) is 6.92 Å². The molecular formula is C35H30Cl4N4O3. The number of fused-ring (bicyclic) bond motifs is 1. The summed E-state index contributed by atoms with van der Waals surface area (Å²) in [5, 5.41) is 9.79. The Hall–Kier alpha value is -4.01. The number of hydrogen-bond donors (Lipinski definition) is 2. The number of rotatable bonds is 11. The summed E-state index contributed by atoms with van der Waals surface area (Å²) in [6, 6.07) is 26.7. The molecule has 1 aromatic heterocycles. The SMILES string of the molecule is Cc1c(/C=N\NC(=O)[C@@H](Cc2ccccc2)NC(=O)[C@@H](C)Oc2ccc(Cl)cc2Cl)c2ccccc2n1Cc1ccc(Cl)c(Cl)c1. The number of para-hydroxylation sites is 1. The van der Waals surface area contributed by atoms with Crippen LogP contribution in [0.3, 0.4) is 0 Å². The van der Waals surface area contributed by atoms with Crippen LogP contribution in [0.4, 0.5) is 0 Å². The number of hydrazone groups is 1. The standard InChI is InChI=1S/C35H30Cl4N4O3/c1-21-27(26-10-6-7-11-32(26)43(21)20-24-12-14-28(37)29(38)16-24)19-40-42-35(45)31(17-23-8-4-3-5-9-23)41-34(44)22(2)46-33-15-13-25(36)18-30(33)39/h3-16,18-19,22,31H,17,20H2,1-2H3,(H,41,44)(H,42,45)/b40-19-/t22-,31-/m1/s1. The molecule has 0 saturated carbocycles. The lowest BCUT2D eigenvalue weighted by atomic mass is 10.1. The molecule has 2 amide bonds. The fourth-order valence-corrected chi connectivity index (χ4v) is 5.82. The zero-order valence-corrected chi connectivity index (χ0v) is 28.0. The second-order valence-corrected chi connectivity index (χ2v) is 12.3. The predicted octanol–water partition coefficient (Wildman–Crippen LogP) is 8.26. The number of benzene rings is 4. The maximum Gasteiger partial charge on any atom is 0.262 e. The first-order valence-electron chi connectivity index (χ1n) is 14.4. The van der Waals surface area contributed by atoms with Crippen LogP contribution in [-0.4, -0.2) is 34.7 Å². The van der Waals surface area contributed by atoms with E-state index in [9.17, 15) is 9.59 Å². The molecule has 2 N–H and O–H groups in total. The molecule has 0 bridgehead atoms. The van der Waals surface area contributed by atoms with E-state index in [4.69, 9.17) is 51.1 Å². The number of halogens is 4. The van der Waals surface area contributed by atoms with Gasteiger partial charge in [0.2, 0.25) is 0 Å². The van der Waals surface area contributed by atoms with E-state index in [0.29, 0.717) is 27.4 Å². The van der Waals surface area contributed by atoms with Crippen molar-refractivity contribution >= 4 is 75.3 Å². The van der Waals surface area contributed by atoms with E-state index in [0.717, 1.165) is 33.3 Å². The minimum absolute atomic E-state index is 0.240. The highest BCUT2D eigenvalue weighted by Crippen LogP contribution is 2.29. The Kier molecular flexibility index (Phi) is 10.9. The third-order valence-corrected chi connectivity index (χ3v) is 8.72. The van der Waals surface area contributed by atoms with Gasteiger partial charge in [-0.05, 0) is 61.4 Å². The number of aromatic nitrogens is 1. The molecule has 5 rings (SSSR count). The largest absolute Gasteiger partial charge is 0.479 e. The predicted molar refractivity (Wildman–Crippen MR) is 187 cm³/mol. The molecule has 0 aliphatic heterocycles. The molecule has 0 spiro atoms. The molecule has 5 aromatic rings. The Morgan fingerprint density at radius 1 is 0.848 bits per heavy atom. The first-order chi connectivity index (χ1) is 22.1. The number of nitrogens with zero attached hydrogens (tertiary/aromatic N) is 2. The van der Waals surface area contributed by atoms with Crippen LogP contribution >= 0.6 is 46.4 Å². The minimum atomic E-state index is -0.947. The van der Waals surface area contributed by atoms with E-state index in [-0.39, 0.29) is 11.4 Å². The molecule has 2 atom stereocenters. The van der Waals surface area contributed by atoms with E-state index in [2.05, 4.69) is 20.4 Å². The maximum atomic E-state index is 13.5. The lowest BCUT2D eigenvalue weighted by molar-refractivity contribution is -0.132. The van der Waals surface area contributed by atoms with Gasteiger partial charge >= 0.3 is 0 Å².